The van der Waals surface area contributed by atoms with Crippen molar-refractivity contribution in [1.82, 2.24) is 10.6 Å². The van der Waals surface area contributed by atoms with Crippen LogP contribution in [0.15, 0.2) is 16.8 Å². The fraction of sp³-hybridized carbons (Fsp3) is 0.500. The summed E-state index contributed by atoms with van der Waals surface area (Å²) in [5.74, 6) is 0.0884. The molecule has 86 valence electrons. The smallest absolute Gasteiger partial charge is 0.224 e. The minimum Gasteiger partial charge on any atom is -0.354 e. The highest BCUT2D eigenvalue weighted by Crippen LogP contribution is 2.05. The van der Waals surface area contributed by atoms with Gasteiger partial charge in [-0.2, -0.15) is 11.3 Å². The van der Waals surface area contributed by atoms with E-state index in [2.05, 4.69) is 10.6 Å². The molecule has 0 radical (unpaired) electrons. The number of hydrogen-bond acceptors (Lipinski definition) is 3. The van der Waals surface area contributed by atoms with Crippen molar-refractivity contribution in [3.8, 4) is 0 Å². The molecule has 0 aliphatic rings. The average Bonchev–Trinajstić information content (AvgIpc) is 2.66. The number of rotatable bonds is 5. The minimum atomic E-state index is 0. The van der Waals surface area contributed by atoms with Gasteiger partial charge in [0.2, 0.25) is 5.91 Å². The van der Waals surface area contributed by atoms with Gasteiger partial charge >= 0.3 is 0 Å². The van der Waals surface area contributed by atoms with Crippen LogP contribution in [0.3, 0.4) is 0 Å². The molecule has 5 heteroatoms. The van der Waals surface area contributed by atoms with E-state index in [4.69, 9.17) is 0 Å². The van der Waals surface area contributed by atoms with Crippen LogP contribution in [0.2, 0.25) is 0 Å². The normalized spacial score (nSPS) is 11.6. The standard InChI is InChI=1S/C10H16N2OS.ClH/c1-8(11-2)6-12-10(13)5-9-3-4-14-7-9;/h3-4,7-8,11H,5-6H2,1-2H3,(H,12,13);1H. The van der Waals surface area contributed by atoms with Crippen LogP contribution in [0, 0.1) is 0 Å². The number of halogens is 1. The molecule has 0 bridgehead atoms. The molecule has 0 spiro atoms. The minimum absolute atomic E-state index is 0. The third-order valence-corrected chi connectivity index (χ3v) is 2.78. The lowest BCUT2D eigenvalue weighted by Gasteiger charge is -2.10. The van der Waals surface area contributed by atoms with E-state index in [1.807, 2.05) is 30.8 Å². The van der Waals surface area contributed by atoms with Crippen molar-refractivity contribution in [3.63, 3.8) is 0 Å². The van der Waals surface area contributed by atoms with Crippen LogP contribution in [0.25, 0.3) is 0 Å². The van der Waals surface area contributed by atoms with E-state index in [9.17, 15) is 4.79 Å². The Hall–Kier alpha value is -0.580. The zero-order valence-corrected chi connectivity index (χ0v) is 10.6. The Morgan fingerprint density at radius 1 is 1.60 bits per heavy atom. The Bertz CT molecular complexity index is 277. The molecule has 0 aromatic carbocycles. The molecule has 2 N–H and O–H groups in total. The highest BCUT2D eigenvalue weighted by atomic mass is 35.5. The number of carbonyl (C=O) groups excluding carboxylic acids is 1. The van der Waals surface area contributed by atoms with Gasteiger partial charge in [-0.1, -0.05) is 0 Å². The Morgan fingerprint density at radius 3 is 2.87 bits per heavy atom. The maximum Gasteiger partial charge on any atom is 0.224 e. The molecule has 3 nitrogen and oxygen atoms in total. The number of likely N-dealkylation sites (N-methyl/N-ethyl adjacent to an activating group) is 1. The van der Waals surface area contributed by atoms with Crippen molar-refractivity contribution in [3.05, 3.63) is 22.4 Å². The Balaban J connectivity index is 0.00000196. The summed E-state index contributed by atoms with van der Waals surface area (Å²) in [5, 5.41) is 9.93. The largest absolute Gasteiger partial charge is 0.354 e. The number of carbonyl (C=O) groups is 1. The molecular weight excluding hydrogens is 232 g/mol. The summed E-state index contributed by atoms with van der Waals surface area (Å²) in [6.07, 6.45) is 0.486. The molecule has 0 aliphatic heterocycles. The summed E-state index contributed by atoms with van der Waals surface area (Å²) < 4.78 is 0. The monoisotopic (exact) mass is 248 g/mol. The zero-order chi connectivity index (χ0) is 10.4. The average molecular weight is 249 g/mol. The van der Waals surface area contributed by atoms with Crippen LogP contribution in [0.1, 0.15) is 12.5 Å². The second-order valence-electron chi connectivity index (χ2n) is 3.30. The highest BCUT2D eigenvalue weighted by molar-refractivity contribution is 7.07. The molecule has 1 atom stereocenters. The van der Waals surface area contributed by atoms with E-state index in [0.29, 0.717) is 19.0 Å². The zero-order valence-electron chi connectivity index (χ0n) is 8.95. The van der Waals surface area contributed by atoms with E-state index < -0.39 is 0 Å². The fourth-order valence-corrected chi connectivity index (χ4v) is 1.68. The van der Waals surface area contributed by atoms with Crippen LogP contribution in [0.4, 0.5) is 0 Å². The van der Waals surface area contributed by atoms with Gasteiger partial charge in [-0.3, -0.25) is 4.79 Å². The van der Waals surface area contributed by atoms with Crippen molar-refractivity contribution in [1.29, 1.82) is 0 Å². The van der Waals surface area contributed by atoms with E-state index in [0.717, 1.165) is 5.56 Å². The summed E-state index contributed by atoms with van der Waals surface area (Å²) in [5.41, 5.74) is 1.09. The van der Waals surface area contributed by atoms with Gasteiger partial charge in [-0.25, -0.2) is 0 Å². The van der Waals surface area contributed by atoms with E-state index in [1.54, 1.807) is 11.3 Å². The van der Waals surface area contributed by atoms with Crippen LogP contribution < -0.4 is 10.6 Å². The first kappa shape index (κ1) is 14.4. The molecule has 1 aromatic heterocycles. The van der Waals surface area contributed by atoms with Crippen LogP contribution in [-0.4, -0.2) is 25.5 Å². The summed E-state index contributed by atoms with van der Waals surface area (Å²) in [4.78, 5) is 11.4. The maximum absolute atomic E-state index is 11.4. The molecule has 1 amide bonds. The fourth-order valence-electron chi connectivity index (χ4n) is 1.01. The van der Waals surface area contributed by atoms with Gasteiger partial charge in [-0.05, 0) is 36.4 Å². The second kappa shape index (κ2) is 7.68. The topological polar surface area (TPSA) is 41.1 Å². The first-order valence-electron chi connectivity index (χ1n) is 4.67. The molecule has 0 saturated heterocycles. The van der Waals surface area contributed by atoms with Crippen LogP contribution in [-0.2, 0) is 11.2 Å². The third kappa shape index (κ3) is 5.77. The van der Waals surface area contributed by atoms with Gasteiger partial charge in [0.05, 0.1) is 6.42 Å². The Labute approximate surface area is 101 Å². The first-order chi connectivity index (χ1) is 6.72. The van der Waals surface area contributed by atoms with Gasteiger partial charge in [0, 0.05) is 12.6 Å². The molecule has 1 unspecified atom stereocenters. The van der Waals surface area contributed by atoms with Crippen molar-refractivity contribution >= 4 is 29.7 Å². The number of thiophene rings is 1. The van der Waals surface area contributed by atoms with Gasteiger partial charge in [0.1, 0.15) is 0 Å². The summed E-state index contributed by atoms with van der Waals surface area (Å²) in [6, 6.07) is 2.30. The van der Waals surface area contributed by atoms with Gasteiger partial charge in [0.25, 0.3) is 0 Å². The lowest BCUT2D eigenvalue weighted by Crippen LogP contribution is -2.37. The third-order valence-electron chi connectivity index (χ3n) is 2.04. The summed E-state index contributed by atoms with van der Waals surface area (Å²) >= 11 is 1.62. The predicted octanol–water partition coefficient (Wildman–Crippen LogP) is 1.44. The van der Waals surface area contributed by atoms with E-state index >= 15 is 0 Å². The number of nitrogens with one attached hydrogen (secondary N) is 2. The summed E-state index contributed by atoms with van der Waals surface area (Å²) in [7, 11) is 1.88. The molecule has 1 aromatic rings. The molecular formula is C10H17ClN2OS. The molecule has 0 saturated carbocycles. The molecule has 15 heavy (non-hydrogen) atoms. The molecule has 0 fully saturated rings. The predicted molar refractivity (Wildman–Crippen MR) is 66.8 cm³/mol. The van der Waals surface area contributed by atoms with Crippen molar-refractivity contribution < 1.29 is 4.79 Å². The maximum atomic E-state index is 11.4. The summed E-state index contributed by atoms with van der Waals surface area (Å²) in [6.45, 7) is 2.71. The lowest BCUT2D eigenvalue weighted by molar-refractivity contribution is -0.120. The molecule has 0 aliphatic carbocycles. The number of amides is 1. The molecule has 1 rings (SSSR count). The van der Waals surface area contributed by atoms with Crippen LogP contribution >= 0.6 is 23.7 Å². The van der Waals surface area contributed by atoms with Crippen molar-refractivity contribution in [2.45, 2.75) is 19.4 Å². The highest BCUT2D eigenvalue weighted by Gasteiger charge is 2.04. The van der Waals surface area contributed by atoms with Gasteiger partial charge in [-0.15, -0.1) is 12.4 Å². The Morgan fingerprint density at radius 2 is 2.33 bits per heavy atom. The van der Waals surface area contributed by atoms with Crippen LogP contribution in [0.5, 0.6) is 0 Å². The second-order valence-corrected chi connectivity index (χ2v) is 4.08. The van der Waals surface area contributed by atoms with E-state index in [1.165, 1.54) is 0 Å². The van der Waals surface area contributed by atoms with Crippen molar-refractivity contribution in [2.75, 3.05) is 13.6 Å². The molecule has 1 heterocycles. The van der Waals surface area contributed by atoms with Crippen molar-refractivity contribution in [2.24, 2.45) is 0 Å². The Kier molecular flexibility index (Phi) is 7.38. The van der Waals surface area contributed by atoms with Gasteiger partial charge in [0.15, 0.2) is 0 Å². The van der Waals surface area contributed by atoms with Gasteiger partial charge < -0.3 is 10.6 Å². The first-order valence-corrected chi connectivity index (χ1v) is 5.61. The SMILES string of the molecule is CNC(C)CNC(=O)Cc1ccsc1.Cl. The van der Waals surface area contributed by atoms with E-state index in [-0.39, 0.29) is 18.3 Å². The number of hydrogen-bond donors (Lipinski definition) is 2. The quantitative estimate of drug-likeness (QED) is 0.828. The lowest BCUT2D eigenvalue weighted by atomic mass is 10.2.